The predicted molar refractivity (Wildman–Crippen MR) is 108 cm³/mol. The number of aryl methyl sites for hydroxylation is 2. The lowest BCUT2D eigenvalue weighted by Gasteiger charge is -2.11. The van der Waals surface area contributed by atoms with Gasteiger partial charge >= 0.3 is 0 Å². The van der Waals surface area contributed by atoms with E-state index in [0.717, 1.165) is 60.1 Å². The number of hydrogen-bond acceptors (Lipinski definition) is 3. The van der Waals surface area contributed by atoms with E-state index in [1.165, 1.54) is 17.7 Å². The molecule has 1 aromatic heterocycles. The average Bonchev–Trinajstić information content (AvgIpc) is 3.07. The number of allylic oxidation sites excluding steroid dienone is 1. The molecule has 1 amide bonds. The van der Waals surface area contributed by atoms with Gasteiger partial charge in [0.2, 0.25) is 5.91 Å². The molecule has 1 N–H and O–H groups in total. The minimum atomic E-state index is -1.01. The third kappa shape index (κ3) is 3.75. The molecule has 0 aliphatic heterocycles. The molecule has 0 radical (unpaired) electrons. The Balaban J connectivity index is 1.66. The molecular formula is C23H21F2NO3. The summed E-state index contributed by atoms with van der Waals surface area (Å²) in [5, 5.41) is 3.59. The van der Waals surface area contributed by atoms with Crippen LogP contribution in [0.4, 0.5) is 14.5 Å². The number of anilines is 1. The number of furan rings is 1. The van der Waals surface area contributed by atoms with Gasteiger partial charge in [0.25, 0.3) is 0 Å². The second-order valence-electron chi connectivity index (χ2n) is 7.21. The molecule has 3 aromatic rings. The summed E-state index contributed by atoms with van der Waals surface area (Å²) in [5.74, 6) is -0.775. The molecule has 1 heterocycles. The Labute approximate surface area is 167 Å². The Hall–Kier alpha value is -3.15. The fourth-order valence-electron chi connectivity index (χ4n) is 3.79. The van der Waals surface area contributed by atoms with Crippen molar-refractivity contribution in [2.24, 2.45) is 0 Å². The zero-order valence-electron chi connectivity index (χ0n) is 16.3. The SMILES string of the molecule is COc1cc2oc3c(c2cc1/C(C)=C/C(=O)Nc1ccc(F)c(F)c1)CCCC3. The third-order valence-electron chi connectivity index (χ3n) is 5.24. The van der Waals surface area contributed by atoms with Crippen LogP contribution in [0.15, 0.2) is 40.8 Å². The van der Waals surface area contributed by atoms with Crippen molar-refractivity contribution < 1.29 is 22.7 Å². The zero-order chi connectivity index (χ0) is 20.5. The first-order valence-corrected chi connectivity index (χ1v) is 9.53. The van der Waals surface area contributed by atoms with Crippen molar-refractivity contribution in [2.75, 3.05) is 12.4 Å². The molecule has 2 aromatic carbocycles. The van der Waals surface area contributed by atoms with Gasteiger partial charge in [-0.1, -0.05) is 0 Å². The average molecular weight is 397 g/mol. The van der Waals surface area contributed by atoms with Crippen LogP contribution in [0.2, 0.25) is 0 Å². The van der Waals surface area contributed by atoms with E-state index in [-0.39, 0.29) is 5.69 Å². The highest BCUT2D eigenvalue weighted by atomic mass is 19.2. The van der Waals surface area contributed by atoms with E-state index in [4.69, 9.17) is 9.15 Å². The lowest BCUT2D eigenvalue weighted by Crippen LogP contribution is -2.09. The van der Waals surface area contributed by atoms with Crippen molar-refractivity contribution in [3.8, 4) is 5.75 Å². The number of rotatable bonds is 4. The smallest absolute Gasteiger partial charge is 0.248 e. The van der Waals surface area contributed by atoms with Gasteiger partial charge in [0.1, 0.15) is 17.1 Å². The van der Waals surface area contributed by atoms with Gasteiger partial charge in [-0.3, -0.25) is 4.79 Å². The number of carbonyl (C=O) groups excluding carboxylic acids is 1. The Bertz CT molecular complexity index is 1130. The van der Waals surface area contributed by atoms with Gasteiger partial charge < -0.3 is 14.5 Å². The van der Waals surface area contributed by atoms with E-state index in [1.807, 2.05) is 12.1 Å². The molecule has 29 heavy (non-hydrogen) atoms. The van der Waals surface area contributed by atoms with Crippen LogP contribution in [0.5, 0.6) is 5.75 Å². The molecule has 0 saturated heterocycles. The van der Waals surface area contributed by atoms with E-state index in [2.05, 4.69) is 5.32 Å². The molecule has 0 spiro atoms. The molecule has 0 atom stereocenters. The minimum absolute atomic E-state index is 0.185. The lowest BCUT2D eigenvalue weighted by atomic mass is 9.94. The summed E-state index contributed by atoms with van der Waals surface area (Å²) < 4.78 is 37.9. The van der Waals surface area contributed by atoms with E-state index < -0.39 is 17.5 Å². The molecule has 0 saturated carbocycles. The van der Waals surface area contributed by atoms with Crippen LogP contribution in [0.1, 0.15) is 36.7 Å². The minimum Gasteiger partial charge on any atom is -0.496 e. The Morgan fingerprint density at radius 1 is 1.14 bits per heavy atom. The van der Waals surface area contributed by atoms with Crippen LogP contribution in [0, 0.1) is 11.6 Å². The van der Waals surface area contributed by atoms with Crippen LogP contribution in [0.25, 0.3) is 16.5 Å². The van der Waals surface area contributed by atoms with Crippen molar-refractivity contribution in [3.05, 3.63) is 64.9 Å². The number of hydrogen-bond donors (Lipinski definition) is 1. The van der Waals surface area contributed by atoms with Gasteiger partial charge in [0.05, 0.1) is 7.11 Å². The van der Waals surface area contributed by atoms with Gasteiger partial charge in [0.15, 0.2) is 11.6 Å². The molecule has 4 nitrogen and oxygen atoms in total. The van der Waals surface area contributed by atoms with Crippen molar-refractivity contribution in [1.82, 2.24) is 0 Å². The number of methoxy groups -OCH3 is 1. The normalized spacial score (nSPS) is 14.0. The topological polar surface area (TPSA) is 51.5 Å². The van der Waals surface area contributed by atoms with Crippen molar-refractivity contribution in [1.29, 1.82) is 0 Å². The summed E-state index contributed by atoms with van der Waals surface area (Å²) in [6, 6.07) is 7.08. The largest absolute Gasteiger partial charge is 0.496 e. The van der Waals surface area contributed by atoms with Crippen molar-refractivity contribution in [3.63, 3.8) is 0 Å². The molecule has 6 heteroatoms. The number of nitrogens with one attached hydrogen (secondary N) is 1. The van der Waals surface area contributed by atoms with Gasteiger partial charge in [-0.25, -0.2) is 8.78 Å². The number of ether oxygens (including phenoxy) is 1. The second-order valence-corrected chi connectivity index (χ2v) is 7.21. The molecule has 4 rings (SSSR count). The number of benzene rings is 2. The van der Waals surface area contributed by atoms with Gasteiger partial charge in [-0.05, 0) is 50.0 Å². The van der Waals surface area contributed by atoms with E-state index >= 15 is 0 Å². The number of carbonyl (C=O) groups is 1. The first-order chi connectivity index (χ1) is 14.0. The van der Waals surface area contributed by atoms with Crippen LogP contribution in [-0.2, 0) is 17.6 Å². The third-order valence-corrected chi connectivity index (χ3v) is 5.24. The fourth-order valence-corrected chi connectivity index (χ4v) is 3.79. The monoisotopic (exact) mass is 397 g/mol. The molecule has 1 aliphatic rings. The zero-order valence-corrected chi connectivity index (χ0v) is 16.3. The van der Waals surface area contributed by atoms with Crippen molar-refractivity contribution >= 4 is 28.1 Å². The molecule has 1 aliphatic carbocycles. The first kappa shape index (κ1) is 19.2. The highest BCUT2D eigenvalue weighted by Gasteiger charge is 2.20. The molecule has 0 unspecified atom stereocenters. The van der Waals surface area contributed by atoms with Crippen LogP contribution in [-0.4, -0.2) is 13.0 Å². The van der Waals surface area contributed by atoms with Crippen LogP contribution < -0.4 is 10.1 Å². The standard InChI is InChI=1S/C23H21F2NO3/c1-13(9-23(27)26-14-7-8-18(24)19(25)10-14)16-11-17-15-5-3-4-6-20(15)29-22(17)12-21(16)28-2/h7-12H,3-6H2,1-2H3,(H,26,27)/b13-9+. The number of amides is 1. The quantitative estimate of drug-likeness (QED) is 0.580. The summed E-state index contributed by atoms with van der Waals surface area (Å²) in [5.41, 5.74) is 3.68. The Morgan fingerprint density at radius 3 is 2.69 bits per heavy atom. The fraction of sp³-hybridized carbons (Fsp3) is 0.261. The maximum atomic E-state index is 13.3. The van der Waals surface area contributed by atoms with Gasteiger partial charge in [0, 0.05) is 46.8 Å². The maximum absolute atomic E-state index is 13.3. The Morgan fingerprint density at radius 2 is 1.93 bits per heavy atom. The maximum Gasteiger partial charge on any atom is 0.248 e. The molecule has 0 fully saturated rings. The first-order valence-electron chi connectivity index (χ1n) is 9.53. The highest BCUT2D eigenvalue weighted by Crippen LogP contribution is 2.37. The van der Waals surface area contributed by atoms with E-state index in [1.54, 1.807) is 14.0 Å². The summed E-state index contributed by atoms with van der Waals surface area (Å²) >= 11 is 0. The number of fused-ring (bicyclic) bond motifs is 3. The van der Waals surface area contributed by atoms with Crippen LogP contribution >= 0.6 is 0 Å². The van der Waals surface area contributed by atoms with Crippen LogP contribution in [0.3, 0.4) is 0 Å². The Kier molecular flexibility index (Phi) is 5.09. The molecular weight excluding hydrogens is 376 g/mol. The van der Waals surface area contributed by atoms with E-state index in [9.17, 15) is 13.6 Å². The highest BCUT2D eigenvalue weighted by molar-refractivity contribution is 6.04. The second kappa shape index (κ2) is 7.70. The molecule has 0 bridgehead atoms. The summed E-state index contributed by atoms with van der Waals surface area (Å²) in [6.07, 6.45) is 5.59. The van der Waals surface area contributed by atoms with Gasteiger partial charge in [-0.2, -0.15) is 0 Å². The van der Waals surface area contributed by atoms with Gasteiger partial charge in [-0.15, -0.1) is 0 Å². The van der Waals surface area contributed by atoms with E-state index in [0.29, 0.717) is 11.3 Å². The molecule has 150 valence electrons. The predicted octanol–water partition coefficient (Wildman–Crippen LogP) is 5.64. The summed E-state index contributed by atoms with van der Waals surface area (Å²) in [4.78, 5) is 12.4. The lowest BCUT2D eigenvalue weighted by molar-refractivity contribution is -0.111. The van der Waals surface area contributed by atoms with Crippen molar-refractivity contribution in [2.45, 2.75) is 32.6 Å². The number of halogens is 2. The summed E-state index contributed by atoms with van der Waals surface area (Å²) in [6.45, 7) is 1.81. The summed E-state index contributed by atoms with van der Waals surface area (Å²) in [7, 11) is 1.57.